The van der Waals surface area contributed by atoms with Gasteiger partial charge in [0.2, 0.25) is 0 Å². The molecule has 0 unspecified atom stereocenters. The van der Waals surface area contributed by atoms with Crippen molar-refractivity contribution in [2.75, 3.05) is 0 Å². The number of H-pyrrole nitrogens is 1. The second kappa shape index (κ2) is 5.66. The zero-order chi connectivity index (χ0) is 14.8. The summed E-state index contributed by atoms with van der Waals surface area (Å²) in [5.41, 5.74) is 4.17. The lowest BCUT2D eigenvalue weighted by Gasteiger charge is -2.05. The number of nitrogens with zero attached hydrogens (tertiary/aromatic N) is 1. The standard InChI is InChI=1S/C17H13BrN2O/c1-11-2-4-12(5-3-11)15-10-16(20-17(21)19-15)13-6-8-14(18)9-7-13/h2-10H,1H3,(H,19,20,21). The SMILES string of the molecule is Cc1ccc(-c2cc(-c3ccc(Br)cc3)nc(=O)[nH]2)cc1. The number of hydrogen-bond donors (Lipinski definition) is 1. The Balaban J connectivity index is 2.10. The summed E-state index contributed by atoms with van der Waals surface area (Å²) < 4.78 is 0.995. The number of halogens is 1. The van der Waals surface area contributed by atoms with E-state index >= 15 is 0 Å². The first kappa shape index (κ1) is 13.8. The number of nitrogens with one attached hydrogen (secondary N) is 1. The summed E-state index contributed by atoms with van der Waals surface area (Å²) in [5, 5.41) is 0. The molecule has 0 radical (unpaired) electrons. The number of aromatic amines is 1. The third kappa shape index (κ3) is 3.11. The Morgan fingerprint density at radius 2 is 1.57 bits per heavy atom. The summed E-state index contributed by atoms with van der Waals surface area (Å²) in [5.74, 6) is 0. The Labute approximate surface area is 130 Å². The van der Waals surface area contributed by atoms with Gasteiger partial charge in [0.15, 0.2) is 0 Å². The molecule has 0 amide bonds. The molecule has 0 spiro atoms. The molecular weight excluding hydrogens is 328 g/mol. The number of aromatic nitrogens is 2. The van der Waals surface area contributed by atoms with Gasteiger partial charge in [0.05, 0.1) is 11.4 Å². The van der Waals surface area contributed by atoms with E-state index in [-0.39, 0.29) is 5.69 Å². The van der Waals surface area contributed by atoms with E-state index in [2.05, 4.69) is 25.9 Å². The molecule has 104 valence electrons. The van der Waals surface area contributed by atoms with Gasteiger partial charge in [0.1, 0.15) is 0 Å². The van der Waals surface area contributed by atoms with E-state index in [9.17, 15) is 4.79 Å². The minimum absolute atomic E-state index is 0.342. The van der Waals surface area contributed by atoms with Crippen LogP contribution < -0.4 is 5.69 Å². The van der Waals surface area contributed by atoms with Crippen LogP contribution in [0.2, 0.25) is 0 Å². The Kier molecular flexibility index (Phi) is 3.71. The van der Waals surface area contributed by atoms with Gasteiger partial charge in [-0.15, -0.1) is 0 Å². The molecule has 1 N–H and O–H groups in total. The summed E-state index contributed by atoms with van der Waals surface area (Å²) in [7, 11) is 0. The van der Waals surface area contributed by atoms with Crippen LogP contribution in [0.3, 0.4) is 0 Å². The van der Waals surface area contributed by atoms with E-state index in [1.807, 2.05) is 61.5 Å². The fraction of sp³-hybridized carbons (Fsp3) is 0.0588. The maximum absolute atomic E-state index is 11.8. The molecule has 2 aromatic carbocycles. The molecule has 0 aliphatic heterocycles. The fourth-order valence-corrected chi connectivity index (χ4v) is 2.38. The van der Waals surface area contributed by atoms with Gasteiger partial charge < -0.3 is 4.98 Å². The highest BCUT2D eigenvalue weighted by Gasteiger charge is 2.05. The largest absolute Gasteiger partial charge is 0.345 e. The molecule has 3 aromatic rings. The van der Waals surface area contributed by atoms with E-state index < -0.39 is 0 Å². The lowest BCUT2D eigenvalue weighted by atomic mass is 10.1. The Morgan fingerprint density at radius 3 is 2.24 bits per heavy atom. The van der Waals surface area contributed by atoms with Crippen molar-refractivity contribution >= 4 is 15.9 Å². The molecule has 4 heteroatoms. The number of hydrogen-bond acceptors (Lipinski definition) is 2. The van der Waals surface area contributed by atoms with E-state index in [0.717, 1.165) is 21.3 Å². The number of aryl methyl sites for hydroxylation is 1. The van der Waals surface area contributed by atoms with Gasteiger partial charge in [-0.05, 0) is 30.7 Å². The lowest BCUT2D eigenvalue weighted by Crippen LogP contribution is -2.11. The molecule has 3 rings (SSSR count). The first-order valence-electron chi connectivity index (χ1n) is 6.56. The fourth-order valence-electron chi connectivity index (χ4n) is 2.11. The molecular formula is C17H13BrN2O. The molecule has 0 saturated carbocycles. The summed E-state index contributed by atoms with van der Waals surface area (Å²) in [4.78, 5) is 18.7. The smallest absolute Gasteiger partial charge is 0.305 e. The third-order valence-electron chi connectivity index (χ3n) is 3.25. The van der Waals surface area contributed by atoms with Gasteiger partial charge in [-0.1, -0.05) is 57.9 Å². The van der Waals surface area contributed by atoms with Gasteiger partial charge >= 0.3 is 5.69 Å². The molecule has 0 bridgehead atoms. The average molecular weight is 341 g/mol. The lowest BCUT2D eigenvalue weighted by molar-refractivity contribution is 1.09. The second-order valence-electron chi connectivity index (χ2n) is 4.86. The zero-order valence-electron chi connectivity index (χ0n) is 11.4. The number of rotatable bonds is 2. The van der Waals surface area contributed by atoms with Gasteiger partial charge in [-0.3, -0.25) is 0 Å². The van der Waals surface area contributed by atoms with Gasteiger partial charge in [-0.25, -0.2) is 4.79 Å². The third-order valence-corrected chi connectivity index (χ3v) is 3.78. The molecule has 0 saturated heterocycles. The maximum Gasteiger partial charge on any atom is 0.345 e. The molecule has 3 nitrogen and oxygen atoms in total. The minimum atomic E-state index is -0.342. The quantitative estimate of drug-likeness (QED) is 0.760. The normalized spacial score (nSPS) is 10.6. The van der Waals surface area contributed by atoms with E-state index in [0.29, 0.717) is 5.69 Å². The molecule has 1 aromatic heterocycles. The first-order chi connectivity index (χ1) is 10.1. The first-order valence-corrected chi connectivity index (χ1v) is 7.35. The van der Waals surface area contributed by atoms with Crippen molar-refractivity contribution in [3.05, 3.63) is 75.1 Å². The van der Waals surface area contributed by atoms with Crippen molar-refractivity contribution < 1.29 is 0 Å². The van der Waals surface area contributed by atoms with E-state index in [1.165, 1.54) is 5.56 Å². The van der Waals surface area contributed by atoms with Gasteiger partial charge in [0.25, 0.3) is 0 Å². The van der Waals surface area contributed by atoms with Crippen molar-refractivity contribution in [1.82, 2.24) is 9.97 Å². The predicted molar refractivity (Wildman–Crippen MR) is 88.2 cm³/mol. The van der Waals surface area contributed by atoms with Gasteiger partial charge in [0, 0.05) is 10.0 Å². The van der Waals surface area contributed by atoms with E-state index in [4.69, 9.17) is 0 Å². The summed E-state index contributed by atoms with van der Waals surface area (Å²) >= 11 is 3.40. The maximum atomic E-state index is 11.8. The molecule has 0 aliphatic rings. The molecule has 21 heavy (non-hydrogen) atoms. The van der Waals surface area contributed by atoms with Crippen LogP contribution in [0.4, 0.5) is 0 Å². The van der Waals surface area contributed by atoms with Crippen LogP contribution in [0.1, 0.15) is 5.56 Å². The van der Waals surface area contributed by atoms with Crippen LogP contribution >= 0.6 is 15.9 Å². The Hall–Kier alpha value is -2.20. The topological polar surface area (TPSA) is 45.8 Å². The highest BCUT2D eigenvalue weighted by atomic mass is 79.9. The second-order valence-corrected chi connectivity index (χ2v) is 5.77. The Morgan fingerprint density at radius 1 is 0.952 bits per heavy atom. The highest BCUT2D eigenvalue weighted by molar-refractivity contribution is 9.10. The van der Waals surface area contributed by atoms with Crippen molar-refractivity contribution in [1.29, 1.82) is 0 Å². The molecule has 0 atom stereocenters. The van der Waals surface area contributed by atoms with Crippen LogP contribution in [0.5, 0.6) is 0 Å². The summed E-state index contributed by atoms with van der Waals surface area (Å²) in [6, 6.07) is 17.7. The van der Waals surface area contributed by atoms with Crippen molar-refractivity contribution in [2.45, 2.75) is 6.92 Å². The Bertz CT molecular complexity index is 754. The predicted octanol–water partition coefficient (Wildman–Crippen LogP) is 4.17. The van der Waals surface area contributed by atoms with Crippen LogP contribution in [0.15, 0.2) is 63.9 Å². The van der Waals surface area contributed by atoms with E-state index in [1.54, 1.807) is 0 Å². The average Bonchev–Trinajstić information content (AvgIpc) is 2.48. The van der Waals surface area contributed by atoms with Crippen LogP contribution in [-0.4, -0.2) is 9.97 Å². The molecule has 1 heterocycles. The van der Waals surface area contributed by atoms with Crippen LogP contribution in [0, 0.1) is 6.92 Å². The summed E-state index contributed by atoms with van der Waals surface area (Å²) in [6.45, 7) is 2.03. The van der Waals surface area contributed by atoms with Crippen LogP contribution in [-0.2, 0) is 0 Å². The van der Waals surface area contributed by atoms with Gasteiger partial charge in [-0.2, -0.15) is 4.98 Å². The minimum Gasteiger partial charge on any atom is -0.305 e. The van der Waals surface area contributed by atoms with Crippen LogP contribution in [0.25, 0.3) is 22.5 Å². The summed E-state index contributed by atoms with van der Waals surface area (Å²) in [6.07, 6.45) is 0. The highest BCUT2D eigenvalue weighted by Crippen LogP contribution is 2.23. The number of benzene rings is 2. The van der Waals surface area contributed by atoms with Crippen molar-refractivity contribution in [2.24, 2.45) is 0 Å². The molecule has 0 fully saturated rings. The molecule has 0 aliphatic carbocycles. The van der Waals surface area contributed by atoms with Crippen molar-refractivity contribution in [3.63, 3.8) is 0 Å². The van der Waals surface area contributed by atoms with Crippen molar-refractivity contribution in [3.8, 4) is 22.5 Å². The monoisotopic (exact) mass is 340 g/mol. The zero-order valence-corrected chi connectivity index (χ0v) is 13.0.